The van der Waals surface area contributed by atoms with E-state index in [0.29, 0.717) is 6.54 Å². The normalized spacial score (nSPS) is 15.8. The summed E-state index contributed by atoms with van der Waals surface area (Å²) in [5, 5.41) is 12.5. The monoisotopic (exact) mass is 377 g/mol. The van der Waals surface area contributed by atoms with Crippen molar-refractivity contribution in [2.75, 3.05) is 39.9 Å². The maximum atomic E-state index is 12.6. The van der Waals surface area contributed by atoms with Gasteiger partial charge in [0, 0.05) is 32.2 Å². The first-order valence-corrected chi connectivity index (χ1v) is 9.72. The summed E-state index contributed by atoms with van der Waals surface area (Å²) in [5.41, 5.74) is 1.52. The molecule has 7 nitrogen and oxygen atoms in total. The molecular formula is C18H27N5O2S. The molecule has 2 N–H and O–H groups in total. The predicted octanol–water partition coefficient (Wildman–Crippen LogP) is 2.39. The fourth-order valence-corrected chi connectivity index (χ4v) is 3.75. The van der Waals surface area contributed by atoms with Crippen LogP contribution in [0.15, 0.2) is 23.6 Å². The number of carbonyl (C=O) groups is 1. The zero-order valence-corrected chi connectivity index (χ0v) is 16.4. The van der Waals surface area contributed by atoms with Crippen molar-refractivity contribution < 1.29 is 9.53 Å². The Morgan fingerprint density at radius 1 is 1.46 bits per heavy atom. The second kappa shape index (κ2) is 8.20. The number of nitrogens with zero attached hydrogens (tertiary/aromatic N) is 3. The summed E-state index contributed by atoms with van der Waals surface area (Å²) in [4.78, 5) is 17.7. The number of amides is 2. The molecule has 2 amide bonds. The van der Waals surface area contributed by atoms with E-state index in [9.17, 15) is 4.79 Å². The van der Waals surface area contributed by atoms with Gasteiger partial charge >= 0.3 is 6.03 Å². The highest BCUT2D eigenvalue weighted by Crippen LogP contribution is 2.23. The molecule has 0 bridgehead atoms. The van der Waals surface area contributed by atoms with Gasteiger partial charge in [-0.05, 0) is 31.4 Å². The van der Waals surface area contributed by atoms with Crippen LogP contribution in [0.5, 0.6) is 0 Å². The lowest BCUT2D eigenvalue weighted by Gasteiger charge is -2.36. The van der Waals surface area contributed by atoms with Crippen molar-refractivity contribution in [2.45, 2.75) is 25.9 Å². The molecule has 1 aliphatic rings. The molecule has 8 heteroatoms. The van der Waals surface area contributed by atoms with E-state index in [1.54, 1.807) is 23.3 Å². The first-order chi connectivity index (χ1) is 12.4. The smallest absolute Gasteiger partial charge is 0.317 e. The number of H-pyrrole nitrogens is 1. The van der Waals surface area contributed by atoms with Crippen LogP contribution in [0.25, 0.3) is 10.6 Å². The Bertz CT molecular complexity index is 707. The second-order valence-electron chi connectivity index (χ2n) is 7.31. The SMILES string of the molecule is CN(Cc1cc(-c2cccs2)n[nH]1)C(=O)NC(C)(C)CN1CCOCC1. The number of thiophene rings is 1. The van der Waals surface area contributed by atoms with Gasteiger partial charge in [-0.15, -0.1) is 11.3 Å². The molecule has 0 saturated carbocycles. The molecule has 1 aliphatic heterocycles. The molecule has 142 valence electrons. The number of morpholine rings is 1. The average Bonchev–Trinajstić information content (AvgIpc) is 3.25. The summed E-state index contributed by atoms with van der Waals surface area (Å²) in [7, 11) is 1.80. The third-order valence-electron chi connectivity index (χ3n) is 4.33. The number of hydrogen-bond acceptors (Lipinski definition) is 5. The van der Waals surface area contributed by atoms with Crippen molar-refractivity contribution in [3.63, 3.8) is 0 Å². The lowest BCUT2D eigenvalue weighted by molar-refractivity contribution is 0.0276. The first kappa shape index (κ1) is 18.9. The topological polar surface area (TPSA) is 73.5 Å². The summed E-state index contributed by atoms with van der Waals surface area (Å²) < 4.78 is 5.38. The van der Waals surface area contributed by atoms with E-state index >= 15 is 0 Å². The fourth-order valence-electron chi connectivity index (χ4n) is 3.06. The van der Waals surface area contributed by atoms with Crippen LogP contribution in [-0.2, 0) is 11.3 Å². The van der Waals surface area contributed by atoms with Gasteiger partial charge < -0.3 is 15.0 Å². The molecule has 26 heavy (non-hydrogen) atoms. The van der Waals surface area contributed by atoms with E-state index in [1.165, 1.54) is 0 Å². The zero-order chi connectivity index (χ0) is 18.6. The largest absolute Gasteiger partial charge is 0.379 e. The van der Waals surface area contributed by atoms with E-state index in [1.807, 2.05) is 23.6 Å². The summed E-state index contributed by atoms with van der Waals surface area (Å²) in [5.74, 6) is 0. The molecule has 0 aromatic carbocycles. The minimum atomic E-state index is -0.307. The van der Waals surface area contributed by atoms with Crippen LogP contribution in [0, 0.1) is 0 Å². The van der Waals surface area contributed by atoms with Crippen LogP contribution >= 0.6 is 11.3 Å². The number of carbonyl (C=O) groups excluding carboxylic acids is 1. The molecular weight excluding hydrogens is 350 g/mol. The molecule has 0 radical (unpaired) electrons. The Hall–Kier alpha value is -1.90. The minimum Gasteiger partial charge on any atom is -0.379 e. The van der Waals surface area contributed by atoms with Gasteiger partial charge in [0.15, 0.2) is 0 Å². The van der Waals surface area contributed by atoms with Crippen molar-refractivity contribution in [1.82, 2.24) is 25.3 Å². The number of nitrogens with one attached hydrogen (secondary N) is 2. The number of aromatic amines is 1. The maximum absolute atomic E-state index is 12.6. The van der Waals surface area contributed by atoms with Gasteiger partial charge in [0.2, 0.25) is 0 Å². The Labute approximate surface area is 158 Å². The number of rotatable bonds is 6. The molecule has 0 spiro atoms. The van der Waals surface area contributed by atoms with E-state index in [4.69, 9.17) is 4.74 Å². The van der Waals surface area contributed by atoms with Crippen LogP contribution in [0.2, 0.25) is 0 Å². The van der Waals surface area contributed by atoms with E-state index in [2.05, 4.69) is 34.3 Å². The van der Waals surface area contributed by atoms with Crippen molar-refractivity contribution in [1.29, 1.82) is 0 Å². The van der Waals surface area contributed by atoms with Crippen molar-refractivity contribution in [3.8, 4) is 10.6 Å². The highest BCUT2D eigenvalue weighted by Gasteiger charge is 2.26. The van der Waals surface area contributed by atoms with Gasteiger partial charge in [-0.2, -0.15) is 5.10 Å². The van der Waals surface area contributed by atoms with Crippen molar-refractivity contribution in [3.05, 3.63) is 29.3 Å². The summed E-state index contributed by atoms with van der Waals surface area (Å²) in [6.07, 6.45) is 0. The summed E-state index contributed by atoms with van der Waals surface area (Å²) >= 11 is 1.65. The third kappa shape index (κ3) is 5.06. The molecule has 0 unspecified atom stereocenters. The van der Waals surface area contributed by atoms with Crippen LogP contribution in [0.3, 0.4) is 0 Å². The lowest BCUT2D eigenvalue weighted by Crippen LogP contribution is -2.55. The van der Waals surface area contributed by atoms with Gasteiger partial charge in [-0.1, -0.05) is 6.07 Å². The Morgan fingerprint density at radius 2 is 2.23 bits per heavy atom. The van der Waals surface area contributed by atoms with Gasteiger partial charge in [0.25, 0.3) is 0 Å². The number of aromatic nitrogens is 2. The van der Waals surface area contributed by atoms with Crippen LogP contribution < -0.4 is 5.32 Å². The molecule has 0 atom stereocenters. The molecule has 1 fully saturated rings. The predicted molar refractivity (Wildman–Crippen MR) is 103 cm³/mol. The molecule has 2 aromatic heterocycles. The highest BCUT2D eigenvalue weighted by molar-refractivity contribution is 7.13. The standard InChI is InChI=1S/C18H27N5O2S/c1-18(2,13-23-6-8-25-9-7-23)19-17(24)22(3)12-14-11-15(21-20-14)16-5-4-10-26-16/h4-5,10-11H,6-9,12-13H2,1-3H3,(H,19,24)(H,20,21). The highest BCUT2D eigenvalue weighted by atomic mass is 32.1. The summed E-state index contributed by atoms with van der Waals surface area (Å²) in [6.45, 7) is 8.75. The van der Waals surface area contributed by atoms with E-state index in [0.717, 1.165) is 49.1 Å². The second-order valence-corrected chi connectivity index (χ2v) is 8.26. The number of urea groups is 1. The summed E-state index contributed by atoms with van der Waals surface area (Å²) in [6, 6.07) is 5.95. The van der Waals surface area contributed by atoms with Crippen molar-refractivity contribution >= 4 is 17.4 Å². The molecule has 2 aromatic rings. The molecule has 3 rings (SSSR count). The van der Waals surface area contributed by atoms with Crippen LogP contribution in [0.1, 0.15) is 19.5 Å². The van der Waals surface area contributed by atoms with Crippen molar-refractivity contribution in [2.24, 2.45) is 0 Å². The average molecular weight is 378 g/mol. The molecule has 3 heterocycles. The molecule has 0 aliphatic carbocycles. The van der Waals surface area contributed by atoms with Crippen LogP contribution in [-0.4, -0.2) is 71.5 Å². The number of ether oxygens (including phenoxy) is 1. The van der Waals surface area contributed by atoms with E-state index < -0.39 is 0 Å². The van der Waals surface area contributed by atoms with Gasteiger partial charge in [-0.3, -0.25) is 10.00 Å². The quantitative estimate of drug-likeness (QED) is 0.811. The molecule has 1 saturated heterocycles. The minimum absolute atomic E-state index is 0.0875. The van der Waals surface area contributed by atoms with Gasteiger partial charge in [0.05, 0.1) is 30.3 Å². The first-order valence-electron chi connectivity index (χ1n) is 8.84. The Morgan fingerprint density at radius 3 is 2.92 bits per heavy atom. The maximum Gasteiger partial charge on any atom is 0.317 e. The Kier molecular flexibility index (Phi) is 5.95. The van der Waals surface area contributed by atoms with Gasteiger partial charge in [-0.25, -0.2) is 4.79 Å². The fraction of sp³-hybridized carbons (Fsp3) is 0.556. The zero-order valence-electron chi connectivity index (χ0n) is 15.6. The number of hydrogen-bond donors (Lipinski definition) is 2. The van der Waals surface area contributed by atoms with E-state index in [-0.39, 0.29) is 11.6 Å². The van der Waals surface area contributed by atoms with Gasteiger partial charge in [0.1, 0.15) is 5.69 Å². The third-order valence-corrected chi connectivity index (χ3v) is 5.22. The Balaban J connectivity index is 1.52. The van der Waals surface area contributed by atoms with Crippen LogP contribution in [0.4, 0.5) is 4.79 Å². The lowest BCUT2D eigenvalue weighted by atomic mass is 10.0.